The Hall–Kier alpha value is -3.58. The summed E-state index contributed by atoms with van der Waals surface area (Å²) >= 11 is 0. The molecule has 0 atom stereocenters. The predicted octanol–water partition coefficient (Wildman–Crippen LogP) is 4.57. The molecular formula is C25H23NO5S. The average Bonchev–Trinajstić information content (AvgIpc) is 2.82. The van der Waals surface area contributed by atoms with E-state index in [1.54, 1.807) is 36.4 Å². The molecule has 6 nitrogen and oxygen atoms in total. The van der Waals surface area contributed by atoms with Gasteiger partial charge >= 0.3 is 0 Å². The Morgan fingerprint density at radius 2 is 1.69 bits per heavy atom. The fourth-order valence-electron chi connectivity index (χ4n) is 3.38. The highest BCUT2D eigenvalue weighted by Crippen LogP contribution is 2.35. The van der Waals surface area contributed by atoms with Crippen LogP contribution in [0.4, 0.5) is 5.69 Å². The van der Waals surface area contributed by atoms with Gasteiger partial charge in [-0.3, -0.25) is 9.10 Å². The molecule has 3 aromatic rings. The van der Waals surface area contributed by atoms with Crippen LogP contribution in [0.2, 0.25) is 0 Å². The van der Waals surface area contributed by atoms with Crippen LogP contribution in [-0.4, -0.2) is 34.0 Å². The van der Waals surface area contributed by atoms with Crippen LogP contribution in [0.5, 0.6) is 11.5 Å². The molecular weight excluding hydrogens is 426 g/mol. The van der Waals surface area contributed by atoms with E-state index in [9.17, 15) is 13.2 Å². The Bertz CT molecular complexity index is 1250. The molecule has 3 aromatic carbocycles. The van der Waals surface area contributed by atoms with Crippen LogP contribution in [-0.2, 0) is 10.0 Å². The van der Waals surface area contributed by atoms with Crippen molar-refractivity contribution in [2.75, 3.05) is 24.1 Å². The summed E-state index contributed by atoms with van der Waals surface area (Å²) in [7, 11) is -3.96. The van der Waals surface area contributed by atoms with Crippen molar-refractivity contribution in [1.82, 2.24) is 0 Å². The van der Waals surface area contributed by atoms with E-state index in [0.717, 1.165) is 5.56 Å². The number of ether oxygens (including phenoxy) is 2. The molecule has 32 heavy (non-hydrogen) atoms. The van der Waals surface area contributed by atoms with Crippen molar-refractivity contribution in [3.8, 4) is 11.5 Å². The summed E-state index contributed by atoms with van der Waals surface area (Å²) in [5, 5.41) is 0. The van der Waals surface area contributed by atoms with Crippen molar-refractivity contribution in [2.24, 2.45) is 0 Å². The van der Waals surface area contributed by atoms with Gasteiger partial charge in [-0.1, -0.05) is 54.6 Å². The standard InChI is InChI=1S/C25H23NO5S/c1-19(27)21-10-5-11-23(17-21)32(28,29)26(14-6-9-20-7-3-2-4-8-20)22-12-13-24-25(18-22)31-16-15-30-24/h2-13,17-18H,14-16H2,1H3/b9-6+. The molecule has 0 fully saturated rings. The van der Waals surface area contributed by atoms with Crippen molar-refractivity contribution in [2.45, 2.75) is 11.8 Å². The summed E-state index contributed by atoms with van der Waals surface area (Å²) in [6.07, 6.45) is 3.66. The fourth-order valence-corrected chi connectivity index (χ4v) is 4.84. The zero-order chi connectivity index (χ0) is 22.6. The molecule has 0 bridgehead atoms. The van der Waals surface area contributed by atoms with Gasteiger partial charge in [0, 0.05) is 11.6 Å². The highest BCUT2D eigenvalue weighted by molar-refractivity contribution is 7.92. The van der Waals surface area contributed by atoms with Gasteiger partial charge in [-0.05, 0) is 36.8 Å². The maximum Gasteiger partial charge on any atom is 0.264 e. The monoisotopic (exact) mass is 449 g/mol. The molecule has 0 aliphatic carbocycles. The van der Waals surface area contributed by atoms with Crippen LogP contribution in [0.1, 0.15) is 22.8 Å². The normalized spacial score (nSPS) is 13.2. The van der Waals surface area contributed by atoms with Crippen molar-refractivity contribution in [3.63, 3.8) is 0 Å². The average molecular weight is 450 g/mol. The summed E-state index contributed by atoms with van der Waals surface area (Å²) < 4.78 is 39.8. The zero-order valence-corrected chi connectivity index (χ0v) is 18.4. The molecule has 164 valence electrons. The molecule has 0 amide bonds. The molecule has 0 unspecified atom stereocenters. The number of fused-ring (bicyclic) bond motifs is 1. The molecule has 4 rings (SSSR count). The number of nitrogens with zero attached hydrogens (tertiary/aromatic N) is 1. The number of anilines is 1. The number of hydrogen-bond acceptors (Lipinski definition) is 5. The van der Waals surface area contributed by atoms with E-state index in [1.807, 2.05) is 36.4 Å². The van der Waals surface area contributed by atoms with Crippen molar-refractivity contribution in [3.05, 3.63) is 90.0 Å². The lowest BCUT2D eigenvalue weighted by atomic mass is 10.2. The number of hydrogen-bond donors (Lipinski definition) is 0. The van der Waals surface area contributed by atoms with Crippen LogP contribution in [0.25, 0.3) is 6.08 Å². The van der Waals surface area contributed by atoms with E-state index >= 15 is 0 Å². The lowest BCUT2D eigenvalue weighted by Gasteiger charge is -2.26. The highest BCUT2D eigenvalue weighted by atomic mass is 32.2. The van der Waals surface area contributed by atoms with Gasteiger partial charge in [0.2, 0.25) is 0 Å². The number of benzene rings is 3. The number of carbonyl (C=O) groups is 1. The summed E-state index contributed by atoms with van der Waals surface area (Å²) in [6.45, 7) is 2.36. The fraction of sp³-hybridized carbons (Fsp3) is 0.160. The molecule has 0 aromatic heterocycles. The second-order valence-electron chi connectivity index (χ2n) is 7.26. The van der Waals surface area contributed by atoms with Crippen molar-refractivity contribution < 1.29 is 22.7 Å². The van der Waals surface area contributed by atoms with Gasteiger partial charge < -0.3 is 9.47 Å². The number of ketones is 1. The number of rotatable bonds is 7. The smallest absolute Gasteiger partial charge is 0.264 e. The molecule has 7 heteroatoms. The van der Waals surface area contributed by atoms with Crippen LogP contribution >= 0.6 is 0 Å². The predicted molar refractivity (Wildman–Crippen MR) is 124 cm³/mol. The second-order valence-corrected chi connectivity index (χ2v) is 9.12. The lowest BCUT2D eigenvalue weighted by molar-refractivity contribution is 0.101. The van der Waals surface area contributed by atoms with E-state index < -0.39 is 10.0 Å². The Morgan fingerprint density at radius 3 is 2.44 bits per heavy atom. The van der Waals surface area contributed by atoms with Crippen LogP contribution in [0.3, 0.4) is 0 Å². The van der Waals surface area contributed by atoms with Crippen molar-refractivity contribution >= 4 is 27.6 Å². The first kappa shape index (κ1) is 21.6. The Morgan fingerprint density at radius 1 is 0.938 bits per heavy atom. The van der Waals surface area contributed by atoms with Gasteiger partial charge in [0.25, 0.3) is 10.0 Å². The van der Waals surface area contributed by atoms with Crippen LogP contribution < -0.4 is 13.8 Å². The minimum atomic E-state index is -3.96. The third-order valence-electron chi connectivity index (χ3n) is 5.02. The van der Waals surface area contributed by atoms with Gasteiger partial charge in [-0.25, -0.2) is 8.42 Å². The topological polar surface area (TPSA) is 72.9 Å². The van der Waals surface area contributed by atoms with Crippen LogP contribution in [0, 0.1) is 0 Å². The summed E-state index contributed by atoms with van der Waals surface area (Å²) in [4.78, 5) is 11.9. The molecule has 1 aliphatic rings. The number of Topliss-reactive ketones (excluding diaryl/α,β-unsaturated/α-hetero) is 1. The van der Waals surface area contributed by atoms with Gasteiger partial charge in [-0.15, -0.1) is 0 Å². The van der Waals surface area contributed by atoms with Gasteiger partial charge in [0.1, 0.15) is 13.2 Å². The van der Waals surface area contributed by atoms with Crippen molar-refractivity contribution in [1.29, 1.82) is 0 Å². The second kappa shape index (κ2) is 9.28. The molecule has 0 saturated carbocycles. The van der Waals surface area contributed by atoms with E-state index in [1.165, 1.54) is 23.4 Å². The first-order valence-corrected chi connectivity index (χ1v) is 11.6. The Balaban J connectivity index is 1.73. The third-order valence-corrected chi connectivity index (χ3v) is 6.81. The first-order valence-electron chi connectivity index (χ1n) is 10.2. The lowest BCUT2D eigenvalue weighted by Crippen LogP contribution is -2.31. The van der Waals surface area contributed by atoms with Gasteiger partial charge in [-0.2, -0.15) is 0 Å². The molecule has 1 heterocycles. The van der Waals surface area contributed by atoms with Gasteiger partial charge in [0.15, 0.2) is 17.3 Å². The number of sulfonamides is 1. The van der Waals surface area contributed by atoms with E-state index in [4.69, 9.17) is 9.47 Å². The third kappa shape index (κ3) is 4.68. The summed E-state index contributed by atoms with van der Waals surface area (Å²) in [5.41, 5.74) is 1.75. The summed E-state index contributed by atoms with van der Waals surface area (Å²) in [5.74, 6) is 0.881. The van der Waals surface area contributed by atoms with Crippen LogP contribution in [0.15, 0.2) is 83.8 Å². The SMILES string of the molecule is CC(=O)c1cccc(S(=O)(=O)N(C/C=C/c2ccccc2)c2ccc3c(c2)OCCO3)c1. The minimum Gasteiger partial charge on any atom is -0.486 e. The molecule has 0 saturated heterocycles. The van der Waals surface area contributed by atoms with E-state index in [0.29, 0.717) is 36.0 Å². The maximum absolute atomic E-state index is 13.6. The number of carbonyl (C=O) groups excluding carboxylic acids is 1. The Labute approximate surface area is 187 Å². The highest BCUT2D eigenvalue weighted by Gasteiger charge is 2.26. The first-order chi connectivity index (χ1) is 15.4. The molecule has 0 spiro atoms. The summed E-state index contributed by atoms with van der Waals surface area (Å²) in [6, 6.07) is 20.8. The minimum absolute atomic E-state index is 0.0493. The Kier molecular flexibility index (Phi) is 6.28. The molecule has 0 radical (unpaired) electrons. The van der Waals surface area contributed by atoms with Gasteiger partial charge in [0.05, 0.1) is 17.1 Å². The maximum atomic E-state index is 13.6. The molecule has 0 N–H and O–H groups in total. The van der Waals surface area contributed by atoms with E-state index in [-0.39, 0.29) is 17.2 Å². The zero-order valence-electron chi connectivity index (χ0n) is 17.6. The molecule has 1 aliphatic heterocycles. The van der Waals surface area contributed by atoms with E-state index in [2.05, 4.69) is 0 Å². The largest absolute Gasteiger partial charge is 0.486 e. The quantitative estimate of drug-likeness (QED) is 0.494.